The first-order valence-electron chi connectivity index (χ1n) is 11.3. The molecular formula is C26H33ClN4O. The summed E-state index contributed by atoms with van der Waals surface area (Å²) in [4.78, 5) is 7.46. The number of anilines is 1. The number of ether oxygens (including phenoxy) is 1. The third-order valence-electron chi connectivity index (χ3n) is 5.83. The minimum Gasteiger partial charge on any atom is -0.497 e. The van der Waals surface area contributed by atoms with Crippen LogP contribution in [-0.4, -0.2) is 34.8 Å². The van der Waals surface area contributed by atoms with E-state index in [0.717, 1.165) is 72.6 Å². The molecule has 0 unspecified atom stereocenters. The average molecular weight is 453 g/mol. The van der Waals surface area contributed by atoms with Gasteiger partial charge in [0.05, 0.1) is 29.9 Å². The van der Waals surface area contributed by atoms with Crippen molar-refractivity contribution in [3.05, 3.63) is 52.0 Å². The van der Waals surface area contributed by atoms with Crippen LogP contribution in [0.15, 0.2) is 29.5 Å². The highest BCUT2D eigenvalue weighted by atomic mass is 35.5. The lowest BCUT2D eigenvalue weighted by Gasteiger charge is -2.25. The quantitative estimate of drug-likeness (QED) is 0.272. The monoisotopic (exact) mass is 452 g/mol. The zero-order chi connectivity index (χ0) is 23.3. The summed E-state index contributed by atoms with van der Waals surface area (Å²) in [5, 5.41) is 5.52. The zero-order valence-electron chi connectivity index (χ0n) is 19.9. The highest BCUT2D eigenvalue weighted by Crippen LogP contribution is 2.37. The Balaban J connectivity index is 2.26. The van der Waals surface area contributed by atoms with Crippen LogP contribution in [0.3, 0.4) is 0 Å². The molecule has 2 aromatic heterocycles. The van der Waals surface area contributed by atoms with E-state index in [4.69, 9.17) is 26.4 Å². The normalized spacial score (nSPS) is 13.7. The molecule has 0 bridgehead atoms. The number of rotatable bonds is 9. The van der Waals surface area contributed by atoms with Crippen LogP contribution < -0.4 is 4.90 Å². The SMILES string of the molecule is C=C(/C=C(Cl)\C(=C/C)c1c(C)nn2c(N(CC#CC)CCCC)c3c(nc12)CCC3)OC. The molecule has 0 aromatic carbocycles. The molecule has 0 amide bonds. The predicted molar refractivity (Wildman–Crippen MR) is 134 cm³/mol. The summed E-state index contributed by atoms with van der Waals surface area (Å²) in [6.45, 7) is 13.6. The van der Waals surface area contributed by atoms with Gasteiger partial charge in [-0.05, 0) is 52.5 Å². The fourth-order valence-electron chi connectivity index (χ4n) is 4.22. The lowest BCUT2D eigenvalue weighted by atomic mass is 10.0. The molecule has 0 saturated heterocycles. The van der Waals surface area contributed by atoms with Crippen molar-refractivity contribution in [3.8, 4) is 11.8 Å². The Labute approximate surface area is 196 Å². The third-order valence-corrected chi connectivity index (χ3v) is 6.14. The molecule has 0 saturated carbocycles. The largest absolute Gasteiger partial charge is 0.497 e. The Morgan fingerprint density at radius 3 is 2.81 bits per heavy atom. The van der Waals surface area contributed by atoms with Crippen LogP contribution in [0.2, 0.25) is 0 Å². The van der Waals surface area contributed by atoms with Crippen LogP contribution in [-0.2, 0) is 17.6 Å². The first-order valence-corrected chi connectivity index (χ1v) is 11.7. The maximum Gasteiger partial charge on any atom is 0.165 e. The second-order valence-corrected chi connectivity index (χ2v) is 8.38. The number of halogens is 1. The highest BCUT2D eigenvalue weighted by molar-refractivity contribution is 6.37. The van der Waals surface area contributed by atoms with Crippen molar-refractivity contribution in [2.24, 2.45) is 0 Å². The Bertz CT molecular complexity index is 1130. The van der Waals surface area contributed by atoms with Gasteiger partial charge >= 0.3 is 0 Å². The van der Waals surface area contributed by atoms with Gasteiger partial charge in [-0.2, -0.15) is 9.61 Å². The minimum atomic E-state index is 0.502. The molecule has 0 atom stereocenters. The van der Waals surface area contributed by atoms with Gasteiger partial charge in [-0.15, -0.1) is 5.92 Å². The summed E-state index contributed by atoms with van der Waals surface area (Å²) in [5.41, 5.74) is 6.02. The van der Waals surface area contributed by atoms with Crippen LogP contribution in [0, 0.1) is 18.8 Å². The van der Waals surface area contributed by atoms with Gasteiger partial charge in [-0.3, -0.25) is 0 Å². The van der Waals surface area contributed by atoms with E-state index in [0.29, 0.717) is 17.3 Å². The number of aromatic nitrogens is 3. The van der Waals surface area contributed by atoms with Gasteiger partial charge in [0, 0.05) is 23.4 Å². The molecule has 170 valence electrons. The number of aryl methyl sites for hydroxylation is 2. The van der Waals surface area contributed by atoms with Gasteiger partial charge in [0.2, 0.25) is 0 Å². The van der Waals surface area contributed by atoms with Gasteiger partial charge in [-0.25, -0.2) is 4.98 Å². The average Bonchev–Trinajstić information content (AvgIpc) is 3.37. The predicted octanol–water partition coefficient (Wildman–Crippen LogP) is 5.84. The van der Waals surface area contributed by atoms with Gasteiger partial charge in [0.15, 0.2) is 5.65 Å². The summed E-state index contributed by atoms with van der Waals surface area (Å²) in [5.74, 6) is 7.95. The number of hydrogen-bond donors (Lipinski definition) is 0. The van der Waals surface area contributed by atoms with Crippen molar-refractivity contribution in [3.63, 3.8) is 0 Å². The van der Waals surface area contributed by atoms with Crippen LogP contribution in [0.1, 0.15) is 62.5 Å². The first kappa shape index (κ1) is 23.9. The van der Waals surface area contributed by atoms with Gasteiger partial charge < -0.3 is 9.64 Å². The van der Waals surface area contributed by atoms with E-state index >= 15 is 0 Å². The molecule has 2 aromatic rings. The Hall–Kier alpha value is -2.71. The standard InChI is InChI=1S/C26H33ClN4O/c1-7-10-15-30(16-11-8-2)26-21-13-12-14-23(21)28-25-24(19(5)29-31(25)26)20(9-3)22(27)17-18(4)32-6/h9,17H,4,7,10,12-16H2,1-3,5-6H3/b20-9+,22-17+. The molecule has 5 nitrogen and oxygen atoms in total. The van der Waals surface area contributed by atoms with Crippen molar-refractivity contribution in [2.45, 2.75) is 59.8 Å². The van der Waals surface area contributed by atoms with Gasteiger partial charge in [-0.1, -0.05) is 43.5 Å². The maximum absolute atomic E-state index is 6.70. The molecule has 2 heterocycles. The number of nitrogens with zero attached hydrogens (tertiary/aromatic N) is 4. The third kappa shape index (κ3) is 4.71. The summed E-state index contributed by atoms with van der Waals surface area (Å²) in [6.07, 6.45) is 9.08. The smallest absolute Gasteiger partial charge is 0.165 e. The number of allylic oxidation sites excluding steroid dienone is 4. The van der Waals surface area contributed by atoms with Crippen LogP contribution in [0.5, 0.6) is 0 Å². The van der Waals surface area contributed by atoms with Crippen LogP contribution >= 0.6 is 11.6 Å². The van der Waals surface area contributed by atoms with Gasteiger partial charge in [0.1, 0.15) is 11.6 Å². The molecule has 6 heteroatoms. The molecule has 0 spiro atoms. The summed E-state index contributed by atoms with van der Waals surface area (Å²) >= 11 is 6.70. The molecule has 0 radical (unpaired) electrons. The Morgan fingerprint density at radius 2 is 2.16 bits per heavy atom. The van der Waals surface area contributed by atoms with E-state index < -0.39 is 0 Å². The fraction of sp³-hybridized carbons (Fsp3) is 0.462. The maximum atomic E-state index is 6.70. The van der Waals surface area contributed by atoms with Crippen LogP contribution in [0.25, 0.3) is 11.2 Å². The molecule has 1 aliphatic carbocycles. The van der Waals surface area contributed by atoms with E-state index in [-0.39, 0.29) is 0 Å². The second kappa shape index (κ2) is 10.7. The second-order valence-electron chi connectivity index (χ2n) is 7.98. The van der Waals surface area contributed by atoms with Crippen molar-refractivity contribution in [1.82, 2.24) is 14.6 Å². The zero-order valence-corrected chi connectivity index (χ0v) is 20.6. The van der Waals surface area contributed by atoms with Gasteiger partial charge in [0.25, 0.3) is 0 Å². The molecule has 1 aliphatic rings. The van der Waals surface area contributed by atoms with Crippen molar-refractivity contribution < 1.29 is 4.74 Å². The van der Waals surface area contributed by atoms with E-state index in [1.807, 2.05) is 31.4 Å². The Kier molecular flexibility index (Phi) is 8.04. The van der Waals surface area contributed by atoms with E-state index in [1.165, 1.54) is 5.56 Å². The molecule has 0 fully saturated rings. The lowest BCUT2D eigenvalue weighted by Crippen LogP contribution is -2.29. The molecular weight excluding hydrogens is 420 g/mol. The molecule has 3 rings (SSSR count). The fourth-order valence-corrected chi connectivity index (χ4v) is 4.54. The number of unbranched alkanes of at least 4 members (excludes halogenated alkanes) is 1. The molecule has 0 N–H and O–H groups in total. The topological polar surface area (TPSA) is 42.7 Å². The number of fused-ring (bicyclic) bond motifs is 2. The van der Waals surface area contributed by atoms with Crippen molar-refractivity contribution in [2.75, 3.05) is 25.1 Å². The van der Waals surface area contributed by atoms with Crippen molar-refractivity contribution in [1.29, 1.82) is 0 Å². The molecule has 32 heavy (non-hydrogen) atoms. The van der Waals surface area contributed by atoms with Crippen LogP contribution in [0.4, 0.5) is 5.82 Å². The Morgan fingerprint density at radius 1 is 1.38 bits per heavy atom. The van der Waals surface area contributed by atoms with E-state index in [1.54, 1.807) is 13.2 Å². The summed E-state index contributed by atoms with van der Waals surface area (Å²) in [6, 6.07) is 0. The first-order chi connectivity index (χ1) is 15.5. The summed E-state index contributed by atoms with van der Waals surface area (Å²) < 4.78 is 7.21. The number of hydrogen-bond acceptors (Lipinski definition) is 4. The van der Waals surface area contributed by atoms with E-state index in [9.17, 15) is 0 Å². The molecule has 0 aliphatic heterocycles. The van der Waals surface area contributed by atoms with Crippen molar-refractivity contribution >= 4 is 28.6 Å². The van der Waals surface area contributed by atoms with E-state index in [2.05, 4.69) is 30.2 Å². The summed E-state index contributed by atoms with van der Waals surface area (Å²) in [7, 11) is 1.58. The number of methoxy groups -OCH3 is 1. The lowest BCUT2D eigenvalue weighted by molar-refractivity contribution is 0.308. The highest BCUT2D eigenvalue weighted by Gasteiger charge is 2.27. The minimum absolute atomic E-state index is 0.502.